The van der Waals surface area contributed by atoms with Crippen molar-refractivity contribution in [1.82, 2.24) is 19.8 Å². The van der Waals surface area contributed by atoms with Gasteiger partial charge in [0.2, 0.25) is 10.0 Å². The fourth-order valence-corrected chi connectivity index (χ4v) is 5.83. The minimum absolute atomic E-state index is 0.0345. The van der Waals surface area contributed by atoms with Crippen LogP contribution in [0, 0.1) is 6.92 Å². The highest BCUT2D eigenvalue weighted by atomic mass is 32.2. The van der Waals surface area contributed by atoms with Crippen molar-refractivity contribution in [2.24, 2.45) is 0 Å². The third-order valence-corrected chi connectivity index (χ3v) is 7.38. The minimum Gasteiger partial charge on any atom is -0.308 e. The molecule has 3 rings (SSSR count). The van der Waals surface area contributed by atoms with Crippen LogP contribution in [0.3, 0.4) is 0 Å². The normalized spacial score (nSPS) is 24.4. The molecule has 2 N–H and O–H groups in total. The maximum absolute atomic E-state index is 13.0. The lowest BCUT2D eigenvalue weighted by Crippen LogP contribution is -2.44. The monoisotopic (exact) mass is 330 g/mol. The van der Waals surface area contributed by atoms with Gasteiger partial charge in [-0.15, -0.1) is 0 Å². The van der Waals surface area contributed by atoms with E-state index in [4.69, 9.17) is 0 Å². The summed E-state index contributed by atoms with van der Waals surface area (Å²) in [5.41, 5.74) is 1.25. The average Bonchev–Trinajstić information content (AvgIpc) is 3.19. The number of hydrogen-bond donors (Lipinski definition) is 2. The minimum atomic E-state index is -3.47. The third kappa shape index (κ3) is 3.13. The summed E-state index contributed by atoms with van der Waals surface area (Å²) in [7, 11) is -3.47. The topological polar surface area (TPSA) is 78.1 Å². The smallest absolute Gasteiger partial charge is 0.247 e. The molecule has 1 saturated heterocycles. The Morgan fingerprint density at radius 2 is 2.24 bits per heavy atom. The van der Waals surface area contributed by atoms with Gasteiger partial charge in [0, 0.05) is 36.7 Å². The van der Waals surface area contributed by atoms with Crippen molar-refractivity contribution in [2.75, 3.05) is 18.1 Å². The van der Waals surface area contributed by atoms with Gasteiger partial charge >= 0.3 is 0 Å². The number of nitrogens with zero attached hydrogens (tertiary/aromatic N) is 2. The molecule has 1 unspecified atom stereocenters. The molecule has 2 heterocycles. The molecule has 1 aliphatic heterocycles. The van der Waals surface area contributed by atoms with Crippen LogP contribution in [0.1, 0.15) is 31.2 Å². The highest BCUT2D eigenvalue weighted by molar-refractivity contribution is 7.99. The van der Waals surface area contributed by atoms with E-state index in [1.165, 1.54) is 12.8 Å². The second-order valence-corrected chi connectivity index (χ2v) is 8.80. The maximum atomic E-state index is 13.0. The molecule has 1 atom stereocenters. The van der Waals surface area contributed by atoms with Crippen LogP contribution >= 0.6 is 11.8 Å². The molecule has 1 aromatic heterocycles. The lowest BCUT2D eigenvalue weighted by atomic mass is 10.3. The maximum Gasteiger partial charge on any atom is 0.247 e. The molecule has 1 aliphatic carbocycles. The summed E-state index contributed by atoms with van der Waals surface area (Å²) in [5.74, 6) is 1.71. The Hall–Kier alpha value is -0.570. The number of rotatable bonds is 5. The van der Waals surface area contributed by atoms with Crippen molar-refractivity contribution in [3.63, 3.8) is 0 Å². The molecule has 118 valence electrons. The Labute approximate surface area is 130 Å². The van der Waals surface area contributed by atoms with Gasteiger partial charge < -0.3 is 5.32 Å². The number of nitrogens with one attached hydrogen (secondary N) is 2. The van der Waals surface area contributed by atoms with Gasteiger partial charge in [0.25, 0.3) is 0 Å². The van der Waals surface area contributed by atoms with Gasteiger partial charge in [0.15, 0.2) is 0 Å². The van der Waals surface area contributed by atoms with E-state index in [-0.39, 0.29) is 6.04 Å². The predicted octanol–water partition coefficient (Wildman–Crippen LogP) is 1.10. The highest BCUT2D eigenvalue weighted by Crippen LogP contribution is 2.28. The first-order chi connectivity index (χ1) is 10.00. The summed E-state index contributed by atoms with van der Waals surface area (Å²) in [4.78, 5) is 0.370. The summed E-state index contributed by atoms with van der Waals surface area (Å²) in [6.45, 7) is 4.85. The molecule has 8 heteroatoms. The van der Waals surface area contributed by atoms with Crippen molar-refractivity contribution in [1.29, 1.82) is 0 Å². The molecule has 6 nitrogen and oxygen atoms in total. The molecular formula is C13H22N4O2S2. The van der Waals surface area contributed by atoms with Gasteiger partial charge in [-0.05, 0) is 26.7 Å². The summed E-state index contributed by atoms with van der Waals surface area (Å²) >= 11 is 1.81. The van der Waals surface area contributed by atoms with Gasteiger partial charge in [-0.25, -0.2) is 8.42 Å². The fraction of sp³-hybridized carbons (Fsp3) is 0.769. The highest BCUT2D eigenvalue weighted by Gasteiger charge is 2.35. The molecule has 2 fully saturated rings. The Bertz CT molecular complexity index is 610. The SMILES string of the molecule is Cc1[nH]nc(CNC2CC2)c1S(=O)(=O)N1CCSCC1C. The quantitative estimate of drug-likeness (QED) is 0.845. The van der Waals surface area contributed by atoms with Crippen molar-refractivity contribution >= 4 is 21.8 Å². The molecule has 21 heavy (non-hydrogen) atoms. The van der Waals surface area contributed by atoms with Crippen LogP contribution in [-0.2, 0) is 16.6 Å². The van der Waals surface area contributed by atoms with Crippen LogP contribution < -0.4 is 5.32 Å². The predicted molar refractivity (Wildman–Crippen MR) is 83.9 cm³/mol. The largest absolute Gasteiger partial charge is 0.308 e. The van der Waals surface area contributed by atoms with Crippen molar-refractivity contribution in [3.05, 3.63) is 11.4 Å². The van der Waals surface area contributed by atoms with E-state index >= 15 is 0 Å². The number of aryl methyl sites for hydroxylation is 1. The van der Waals surface area contributed by atoms with Crippen LogP contribution in [-0.4, -0.2) is 53.1 Å². The molecule has 0 aromatic carbocycles. The Kier molecular flexibility index (Phi) is 4.31. The number of H-pyrrole nitrogens is 1. The summed E-state index contributed by atoms with van der Waals surface area (Å²) in [5, 5.41) is 10.4. The number of aromatic nitrogens is 2. The molecule has 2 aliphatic rings. The van der Waals surface area contributed by atoms with Gasteiger partial charge in [-0.2, -0.15) is 21.2 Å². The number of hydrogen-bond acceptors (Lipinski definition) is 5. The second-order valence-electron chi connectivity index (χ2n) is 5.82. The first-order valence-corrected chi connectivity index (χ1v) is 9.96. The first kappa shape index (κ1) is 15.3. The zero-order chi connectivity index (χ0) is 15.0. The fourth-order valence-electron chi connectivity index (χ4n) is 2.65. The average molecular weight is 330 g/mol. The molecule has 1 aromatic rings. The summed E-state index contributed by atoms with van der Waals surface area (Å²) in [6.07, 6.45) is 2.34. The molecular weight excluding hydrogens is 308 g/mol. The lowest BCUT2D eigenvalue weighted by Gasteiger charge is -2.32. The van der Waals surface area contributed by atoms with Crippen LogP contribution in [0.25, 0.3) is 0 Å². The van der Waals surface area contributed by atoms with Crippen LogP contribution in [0.2, 0.25) is 0 Å². The molecule has 0 bridgehead atoms. The van der Waals surface area contributed by atoms with E-state index in [2.05, 4.69) is 15.5 Å². The van der Waals surface area contributed by atoms with Gasteiger partial charge in [-0.1, -0.05) is 0 Å². The van der Waals surface area contributed by atoms with E-state index in [1.807, 2.05) is 18.7 Å². The molecule has 0 radical (unpaired) electrons. The van der Waals surface area contributed by atoms with E-state index < -0.39 is 10.0 Å². The number of sulfonamides is 1. The molecule has 0 spiro atoms. The van der Waals surface area contributed by atoms with E-state index in [0.717, 1.165) is 11.5 Å². The third-order valence-electron chi connectivity index (χ3n) is 3.97. The van der Waals surface area contributed by atoms with E-state index in [1.54, 1.807) is 11.2 Å². The van der Waals surface area contributed by atoms with E-state index in [9.17, 15) is 8.42 Å². The zero-order valence-electron chi connectivity index (χ0n) is 12.4. The summed E-state index contributed by atoms with van der Waals surface area (Å²) in [6, 6.07) is 0.565. The van der Waals surface area contributed by atoms with Gasteiger partial charge in [0.1, 0.15) is 4.90 Å². The standard InChI is InChI=1S/C13H22N4O2S2/c1-9-8-20-6-5-17(9)21(18,19)13-10(2)15-16-12(13)7-14-11-3-4-11/h9,11,14H,3-8H2,1-2H3,(H,15,16). The van der Waals surface area contributed by atoms with Crippen LogP contribution in [0.4, 0.5) is 0 Å². The lowest BCUT2D eigenvalue weighted by molar-refractivity contribution is 0.367. The number of thioether (sulfide) groups is 1. The molecule has 1 saturated carbocycles. The zero-order valence-corrected chi connectivity index (χ0v) is 14.1. The van der Waals surface area contributed by atoms with Gasteiger partial charge in [0.05, 0.1) is 11.4 Å². The number of aromatic amines is 1. The Balaban J connectivity index is 1.88. The first-order valence-electron chi connectivity index (χ1n) is 7.37. The van der Waals surface area contributed by atoms with Crippen molar-refractivity contribution < 1.29 is 8.42 Å². The Morgan fingerprint density at radius 3 is 2.90 bits per heavy atom. The van der Waals surface area contributed by atoms with Crippen LogP contribution in [0.15, 0.2) is 4.90 Å². The van der Waals surface area contributed by atoms with Gasteiger partial charge in [-0.3, -0.25) is 5.10 Å². The van der Waals surface area contributed by atoms with Crippen LogP contribution in [0.5, 0.6) is 0 Å². The Morgan fingerprint density at radius 1 is 1.48 bits per heavy atom. The van der Waals surface area contributed by atoms with Crippen molar-refractivity contribution in [3.8, 4) is 0 Å². The van der Waals surface area contributed by atoms with Crippen molar-refractivity contribution in [2.45, 2.75) is 50.2 Å². The van der Waals surface area contributed by atoms with E-state index in [0.29, 0.717) is 35.4 Å². The molecule has 0 amide bonds. The summed E-state index contributed by atoms with van der Waals surface area (Å²) < 4.78 is 27.6. The second kappa shape index (κ2) is 5.91.